The predicted molar refractivity (Wildman–Crippen MR) is 93.1 cm³/mol. The van der Waals surface area contributed by atoms with Crippen molar-refractivity contribution < 1.29 is 13.2 Å². The largest absolute Gasteiger partial charge is 0.417 e. The van der Waals surface area contributed by atoms with Crippen LogP contribution in [0.5, 0.6) is 0 Å². The van der Waals surface area contributed by atoms with E-state index in [0.717, 1.165) is 23.0 Å². The lowest BCUT2D eigenvalue weighted by Gasteiger charge is -2.07. The number of imidazole rings is 1. The number of halogens is 3. The van der Waals surface area contributed by atoms with Crippen molar-refractivity contribution in [2.75, 3.05) is 0 Å². The smallest absolute Gasteiger partial charge is 0.282 e. The van der Waals surface area contributed by atoms with Crippen LogP contribution in [0.1, 0.15) is 11.3 Å². The van der Waals surface area contributed by atoms with Crippen molar-refractivity contribution in [3.05, 3.63) is 72.1 Å². The fourth-order valence-corrected chi connectivity index (χ4v) is 2.83. The molecule has 4 rings (SSSR count). The standard InChI is InChI=1S/C19H13F3N4/c1-12-18(26-11-14(19(20,21)22)9-10-17(26)23-12)25-24-16-8-4-6-13-5-2-3-7-15(13)16/h2-11H,1H3. The Bertz CT molecular complexity index is 1140. The predicted octanol–water partition coefficient (Wildman–Crippen LogP) is 6.23. The zero-order valence-electron chi connectivity index (χ0n) is 13.7. The summed E-state index contributed by atoms with van der Waals surface area (Å²) < 4.78 is 40.3. The van der Waals surface area contributed by atoms with Gasteiger partial charge in [0.15, 0.2) is 5.82 Å². The SMILES string of the molecule is Cc1nc2ccc(C(F)(F)F)cn2c1N=Nc1cccc2ccccc12. The molecule has 0 aliphatic heterocycles. The van der Waals surface area contributed by atoms with Gasteiger partial charge in [0.05, 0.1) is 16.9 Å². The summed E-state index contributed by atoms with van der Waals surface area (Å²) in [5, 5.41) is 10.4. The van der Waals surface area contributed by atoms with Gasteiger partial charge in [-0.1, -0.05) is 36.4 Å². The fourth-order valence-electron chi connectivity index (χ4n) is 2.83. The van der Waals surface area contributed by atoms with Gasteiger partial charge in [0.25, 0.3) is 0 Å². The van der Waals surface area contributed by atoms with Crippen molar-refractivity contribution >= 4 is 27.9 Å². The Hall–Kier alpha value is -3.22. The molecule has 0 unspecified atom stereocenters. The number of nitrogens with zero attached hydrogens (tertiary/aromatic N) is 4. The number of aromatic nitrogens is 2. The number of benzene rings is 2. The van der Waals surface area contributed by atoms with Gasteiger partial charge in [0.1, 0.15) is 5.65 Å². The molecular weight excluding hydrogens is 341 g/mol. The molecule has 26 heavy (non-hydrogen) atoms. The van der Waals surface area contributed by atoms with Crippen molar-refractivity contribution in [1.29, 1.82) is 0 Å². The van der Waals surface area contributed by atoms with Crippen molar-refractivity contribution in [2.24, 2.45) is 10.2 Å². The van der Waals surface area contributed by atoms with Gasteiger partial charge in [-0.25, -0.2) is 4.98 Å². The van der Waals surface area contributed by atoms with Crippen molar-refractivity contribution in [2.45, 2.75) is 13.1 Å². The van der Waals surface area contributed by atoms with Crippen LogP contribution in [0.3, 0.4) is 0 Å². The molecule has 0 radical (unpaired) electrons. The Morgan fingerprint density at radius 2 is 1.69 bits per heavy atom. The van der Waals surface area contributed by atoms with Gasteiger partial charge in [0.2, 0.25) is 0 Å². The Labute approximate surface area is 146 Å². The molecule has 0 aliphatic carbocycles. The molecule has 2 aromatic carbocycles. The summed E-state index contributed by atoms with van der Waals surface area (Å²) in [6.07, 6.45) is -3.44. The normalized spacial score (nSPS) is 12.5. The summed E-state index contributed by atoms with van der Waals surface area (Å²) in [7, 11) is 0. The number of hydrogen-bond donors (Lipinski definition) is 0. The minimum Gasteiger partial charge on any atom is -0.282 e. The number of rotatable bonds is 2. The molecular formula is C19H13F3N4. The van der Waals surface area contributed by atoms with Crippen LogP contribution in [0.4, 0.5) is 24.7 Å². The summed E-state index contributed by atoms with van der Waals surface area (Å²) in [5.41, 5.74) is 0.782. The van der Waals surface area contributed by atoms with Gasteiger partial charge in [-0.2, -0.15) is 13.2 Å². The molecule has 4 aromatic rings. The second-order valence-corrected chi connectivity index (χ2v) is 5.86. The summed E-state index contributed by atoms with van der Waals surface area (Å²) >= 11 is 0. The molecule has 4 nitrogen and oxygen atoms in total. The van der Waals surface area contributed by atoms with Crippen LogP contribution in [0.15, 0.2) is 71.0 Å². The number of fused-ring (bicyclic) bond motifs is 2. The number of azo groups is 1. The maximum Gasteiger partial charge on any atom is 0.417 e. The average Bonchev–Trinajstić information content (AvgIpc) is 2.93. The van der Waals surface area contributed by atoms with Gasteiger partial charge in [-0.15, -0.1) is 10.2 Å². The molecule has 0 spiro atoms. The first-order chi connectivity index (χ1) is 12.4. The molecule has 0 saturated carbocycles. The van der Waals surface area contributed by atoms with Crippen LogP contribution in [-0.2, 0) is 6.18 Å². The molecule has 0 saturated heterocycles. The number of alkyl halides is 3. The van der Waals surface area contributed by atoms with E-state index in [4.69, 9.17) is 0 Å². The van der Waals surface area contributed by atoms with E-state index in [1.54, 1.807) is 6.92 Å². The molecule has 130 valence electrons. The lowest BCUT2D eigenvalue weighted by molar-refractivity contribution is -0.137. The Balaban J connectivity index is 1.83. The molecule has 7 heteroatoms. The first-order valence-corrected chi connectivity index (χ1v) is 7.89. The average molecular weight is 354 g/mol. The first kappa shape index (κ1) is 16.3. The second kappa shape index (κ2) is 5.94. The molecule has 2 heterocycles. The van der Waals surface area contributed by atoms with Crippen LogP contribution in [-0.4, -0.2) is 9.38 Å². The summed E-state index contributed by atoms with van der Waals surface area (Å²) in [4.78, 5) is 4.25. The zero-order valence-corrected chi connectivity index (χ0v) is 13.7. The van der Waals surface area contributed by atoms with Gasteiger partial charge >= 0.3 is 6.18 Å². The molecule has 0 atom stereocenters. The van der Waals surface area contributed by atoms with E-state index >= 15 is 0 Å². The number of aryl methyl sites for hydroxylation is 1. The third-order valence-corrected chi connectivity index (χ3v) is 4.11. The Morgan fingerprint density at radius 1 is 0.923 bits per heavy atom. The highest BCUT2D eigenvalue weighted by Gasteiger charge is 2.31. The van der Waals surface area contributed by atoms with Crippen molar-refractivity contribution in [1.82, 2.24) is 9.38 Å². The van der Waals surface area contributed by atoms with E-state index in [9.17, 15) is 13.2 Å². The topological polar surface area (TPSA) is 42.0 Å². The van der Waals surface area contributed by atoms with Crippen molar-refractivity contribution in [3.8, 4) is 0 Å². The highest BCUT2D eigenvalue weighted by Crippen LogP contribution is 2.32. The summed E-state index contributed by atoms with van der Waals surface area (Å²) in [6, 6.07) is 15.7. The highest BCUT2D eigenvalue weighted by molar-refractivity contribution is 5.92. The quantitative estimate of drug-likeness (QED) is 0.393. The van der Waals surface area contributed by atoms with Crippen LogP contribution in [0.2, 0.25) is 0 Å². The van der Waals surface area contributed by atoms with Crippen LogP contribution in [0.25, 0.3) is 16.4 Å². The van der Waals surface area contributed by atoms with Gasteiger partial charge < -0.3 is 0 Å². The Morgan fingerprint density at radius 3 is 2.50 bits per heavy atom. The minimum atomic E-state index is -4.43. The van der Waals surface area contributed by atoms with E-state index in [2.05, 4.69) is 15.2 Å². The Kier molecular flexibility index (Phi) is 3.72. The van der Waals surface area contributed by atoms with Crippen LogP contribution in [0, 0.1) is 6.92 Å². The lowest BCUT2D eigenvalue weighted by atomic mass is 10.1. The van der Waals surface area contributed by atoms with Crippen molar-refractivity contribution in [3.63, 3.8) is 0 Å². The first-order valence-electron chi connectivity index (χ1n) is 7.89. The lowest BCUT2D eigenvalue weighted by Crippen LogP contribution is -2.06. The van der Waals surface area contributed by atoms with Crippen LogP contribution < -0.4 is 0 Å². The van der Waals surface area contributed by atoms with E-state index in [1.165, 1.54) is 10.5 Å². The molecule has 0 bridgehead atoms. The number of pyridine rings is 1. The summed E-state index contributed by atoms with van der Waals surface area (Å²) in [6.45, 7) is 1.69. The third-order valence-electron chi connectivity index (χ3n) is 4.11. The maximum atomic E-state index is 13.0. The van der Waals surface area contributed by atoms with E-state index in [0.29, 0.717) is 17.0 Å². The molecule has 2 aromatic heterocycles. The molecule has 0 amide bonds. The second-order valence-electron chi connectivity index (χ2n) is 5.86. The fraction of sp³-hybridized carbons (Fsp3) is 0.105. The van der Waals surface area contributed by atoms with Crippen LogP contribution >= 0.6 is 0 Å². The monoisotopic (exact) mass is 354 g/mol. The molecule has 0 aliphatic rings. The number of hydrogen-bond acceptors (Lipinski definition) is 3. The van der Waals surface area contributed by atoms with Gasteiger partial charge in [-0.05, 0) is 30.5 Å². The van der Waals surface area contributed by atoms with Gasteiger partial charge in [0, 0.05) is 11.6 Å². The van der Waals surface area contributed by atoms with E-state index in [-0.39, 0.29) is 5.82 Å². The minimum absolute atomic E-state index is 0.277. The molecule has 0 fully saturated rings. The van der Waals surface area contributed by atoms with Gasteiger partial charge in [-0.3, -0.25) is 4.40 Å². The summed E-state index contributed by atoms with van der Waals surface area (Å²) in [5.74, 6) is 0.277. The maximum absolute atomic E-state index is 13.0. The molecule has 0 N–H and O–H groups in total. The van der Waals surface area contributed by atoms with E-state index in [1.807, 2.05) is 42.5 Å². The zero-order chi connectivity index (χ0) is 18.3. The highest BCUT2D eigenvalue weighted by atomic mass is 19.4. The van der Waals surface area contributed by atoms with E-state index < -0.39 is 11.7 Å². The third kappa shape index (κ3) is 2.81.